The molecule has 2 aromatic carbocycles. The Labute approximate surface area is 134 Å². The molecule has 0 bridgehead atoms. The minimum Gasteiger partial charge on any atom is -0.206 e. The second-order valence-electron chi connectivity index (χ2n) is 6.26. The largest absolute Gasteiger partial charge is 0.264 e. The molecule has 0 aliphatic carbocycles. The molecule has 0 radical (unpaired) electrons. The molecule has 23 heavy (non-hydrogen) atoms. The maximum absolute atomic E-state index is 14.6. The van der Waals surface area contributed by atoms with Gasteiger partial charge in [0.25, 0.3) is 11.8 Å². The molecule has 0 N–H and O–H groups in total. The second-order valence-corrected chi connectivity index (χ2v) is 6.26. The smallest absolute Gasteiger partial charge is 0.206 e. The van der Waals surface area contributed by atoms with E-state index >= 15 is 0 Å². The van der Waals surface area contributed by atoms with Gasteiger partial charge in [-0.1, -0.05) is 59.7 Å². The number of aryl methyl sites for hydroxylation is 2. The number of halogens is 4. The van der Waals surface area contributed by atoms with Crippen LogP contribution in [0.5, 0.6) is 0 Å². The van der Waals surface area contributed by atoms with Crippen LogP contribution in [0.1, 0.15) is 36.1 Å². The maximum Gasteiger partial charge on any atom is 0.264 e. The van der Waals surface area contributed by atoms with Crippen LogP contribution in [0.25, 0.3) is 0 Å². The molecule has 0 unspecified atom stereocenters. The summed E-state index contributed by atoms with van der Waals surface area (Å²) in [4.78, 5) is 0. The number of hydrogen-bond acceptors (Lipinski definition) is 0. The van der Waals surface area contributed by atoms with Gasteiger partial charge in [-0.25, -0.2) is 17.6 Å². The van der Waals surface area contributed by atoms with Crippen molar-refractivity contribution < 1.29 is 17.6 Å². The number of alkyl halides is 4. The van der Waals surface area contributed by atoms with E-state index in [2.05, 4.69) is 0 Å². The van der Waals surface area contributed by atoms with Crippen LogP contribution in [0.3, 0.4) is 0 Å². The fourth-order valence-electron chi connectivity index (χ4n) is 3.17. The van der Waals surface area contributed by atoms with Gasteiger partial charge in [0.15, 0.2) is 0 Å². The minimum atomic E-state index is -3.66. The molecule has 0 saturated carbocycles. The quantitative estimate of drug-likeness (QED) is 0.614. The zero-order chi connectivity index (χ0) is 17.5. The maximum atomic E-state index is 14.6. The zero-order valence-electron chi connectivity index (χ0n) is 13.6. The summed E-state index contributed by atoms with van der Waals surface area (Å²) in [6.07, 6.45) is 0. The number of hydrogen-bond donors (Lipinski definition) is 0. The summed E-state index contributed by atoms with van der Waals surface area (Å²) in [6, 6.07) is 11.8. The molecule has 0 aromatic heterocycles. The lowest BCUT2D eigenvalue weighted by Gasteiger charge is -2.43. The zero-order valence-corrected chi connectivity index (χ0v) is 13.6. The lowest BCUT2D eigenvalue weighted by molar-refractivity contribution is -0.159. The Hall–Kier alpha value is -1.84. The van der Waals surface area contributed by atoms with Crippen LogP contribution in [-0.4, -0.2) is 11.8 Å². The molecule has 0 nitrogen and oxygen atoms in total. The van der Waals surface area contributed by atoms with Gasteiger partial charge in [0.1, 0.15) is 5.41 Å². The first-order chi connectivity index (χ1) is 10.5. The normalized spacial score (nSPS) is 13.2. The highest BCUT2D eigenvalue weighted by Gasteiger charge is 2.65. The van der Waals surface area contributed by atoms with Crippen molar-refractivity contribution in [3.05, 3.63) is 70.8 Å². The first kappa shape index (κ1) is 17.5. The highest BCUT2D eigenvalue weighted by molar-refractivity contribution is 5.46. The first-order valence-electron chi connectivity index (χ1n) is 7.40. The minimum absolute atomic E-state index is 0.0908. The van der Waals surface area contributed by atoms with Crippen LogP contribution in [0, 0.1) is 13.8 Å². The van der Waals surface area contributed by atoms with Gasteiger partial charge in [-0.2, -0.15) is 0 Å². The number of benzene rings is 2. The van der Waals surface area contributed by atoms with Crippen molar-refractivity contribution in [3.8, 4) is 0 Å². The molecule has 2 rings (SSSR count). The average Bonchev–Trinajstić information content (AvgIpc) is 2.40. The summed E-state index contributed by atoms with van der Waals surface area (Å²) in [5.74, 6) is -7.31. The Kier molecular flexibility index (Phi) is 4.31. The van der Waals surface area contributed by atoms with Crippen LogP contribution in [0.4, 0.5) is 17.6 Å². The van der Waals surface area contributed by atoms with E-state index in [1.54, 1.807) is 38.1 Å². The van der Waals surface area contributed by atoms with Crippen molar-refractivity contribution in [2.45, 2.75) is 45.0 Å². The monoisotopic (exact) mass is 324 g/mol. The van der Waals surface area contributed by atoms with E-state index in [0.717, 1.165) is 11.1 Å². The fourth-order valence-corrected chi connectivity index (χ4v) is 3.17. The second kappa shape index (κ2) is 5.66. The third-order valence-corrected chi connectivity index (χ3v) is 4.29. The lowest BCUT2D eigenvalue weighted by atomic mass is 9.66. The van der Waals surface area contributed by atoms with Crippen LogP contribution >= 0.6 is 0 Å². The molecule has 0 atom stereocenters. The molecular formula is C19H20F4. The van der Waals surface area contributed by atoms with Crippen LogP contribution in [0.2, 0.25) is 0 Å². The van der Waals surface area contributed by atoms with Gasteiger partial charge in [0.2, 0.25) is 0 Å². The summed E-state index contributed by atoms with van der Waals surface area (Å²) in [6.45, 7) is 4.69. The van der Waals surface area contributed by atoms with Crippen molar-refractivity contribution in [1.82, 2.24) is 0 Å². The van der Waals surface area contributed by atoms with Gasteiger partial charge in [-0.15, -0.1) is 0 Å². The van der Waals surface area contributed by atoms with E-state index in [1.807, 2.05) is 0 Å². The molecule has 0 amide bonds. The molecular weight excluding hydrogens is 304 g/mol. The van der Waals surface area contributed by atoms with Gasteiger partial charge in [-0.3, -0.25) is 0 Å². The fraction of sp³-hybridized carbons (Fsp3) is 0.368. The van der Waals surface area contributed by atoms with Crippen molar-refractivity contribution in [3.63, 3.8) is 0 Å². The third kappa shape index (κ3) is 2.87. The molecule has 0 aliphatic rings. The van der Waals surface area contributed by atoms with E-state index in [0.29, 0.717) is 13.8 Å². The molecule has 0 aliphatic heterocycles. The molecule has 4 heteroatoms. The summed E-state index contributed by atoms with van der Waals surface area (Å²) >= 11 is 0. The van der Waals surface area contributed by atoms with Crippen LogP contribution < -0.4 is 0 Å². The van der Waals surface area contributed by atoms with Gasteiger partial charge in [0, 0.05) is 13.8 Å². The van der Waals surface area contributed by atoms with Crippen molar-refractivity contribution in [1.29, 1.82) is 0 Å². The van der Waals surface area contributed by atoms with Gasteiger partial charge in [-0.05, 0) is 25.0 Å². The molecule has 0 spiro atoms. The number of rotatable bonds is 4. The molecule has 0 heterocycles. The van der Waals surface area contributed by atoms with Gasteiger partial charge >= 0.3 is 0 Å². The highest BCUT2D eigenvalue weighted by atomic mass is 19.3. The molecule has 124 valence electrons. The first-order valence-corrected chi connectivity index (χ1v) is 7.40. The highest BCUT2D eigenvalue weighted by Crippen LogP contribution is 2.54. The van der Waals surface area contributed by atoms with E-state index in [-0.39, 0.29) is 11.1 Å². The van der Waals surface area contributed by atoms with E-state index in [4.69, 9.17) is 0 Å². The Morgan fingerprint density at radius 1 is 0.565 bits per heavy atom. The predicted octanol–water partition coefficient (Wildman–Crippen LogP) is 5.90. The predicted molar refractivity (Wildman–Crippen MR) is 84.4 cm³/mol. The summed E-state index contributed by atoms with van der Waals surface area (Å²) in [5.41, 5.74) is -1.25. The summed E-state index contributed by atoms with van der Waals surface area (Å²) in [7, 11) is 0. The average molecular weight is 324 g/mol. The molecule has 2 aromatic rings. The Balaban J connectivity index is 2.86. The SMILES string of the molecule is Cc1ccc(C(c2ccc(C)cc2)(C(C)(F)F)C(C)(F)F)cc1. The summed E-state index contributed by atoms with van der Waals surface area (Å²) < 4.78 is 58.5. The van der Waals surface area contributed by atoms with Crippen molar-refractivity contribution in [2.24, 2.45) is 0 Å². The topological polar surface area (TPSA) is 0 Å². The Bertz CT molecular complexity index is 597. The summed E-state index contributed by atoms with van der Waals surface area (Å²) in [5, 5.41) is 0. The van der Waals surface area contributed by atoms with Gasteiger partial charge in [0.05, 0.1) is 0 Å². The molecule has 0 saturated heterocycles. The Morgan fingerprint density at radius 3 is 1.04 bits per heavy atom. The Morgan fingerprint density at radius 2 is 0.826 bits per heavy atom. The molecule has 0 fully saturated rings. The van der Waals surface area contributed by atoms with Crippen molar-refractivity contribution >= 4 is 0 Å². The lowest BCUT2D eigenvalue weighted by Crippen LogP contribution is -2.56. The van der Waals surface area contributed by atoms with E-state index < -0.39 is 17.3 Å². The standard InChI is InChI=1S/C19H20F4/c1-13-5-9-15(10-6-13)19(17(3,20)21,18(4,22)23)16-11-7-14(2)8-12-16/h5-12H,1-4H3. The van der Waals surface area contributed by atoms with Crippen LogP contribution in [-0.2, 0) is 5.41 Å². The third-order valence-electron chi connectivity index (χ3n) is 4.29. The van der Waals surface area contributed by atoms with Gasteiger partial charge < -0.3 is 0 Å². The van der Waals surface area contributed by atoms with E-state index in [9.17, 15) is 17.6 Å². The van der Waals surface area contributed by atoms with Crippen LogP contribution in [0.15, 0.2) is 48.5 Å². The van der Waals surface area contributed by atoms with Crippen molar-refractivity contribution in [2.75, 3.05) is 0 Å². The van der Waals surface area contributed by atoms with E-state index in [1.165, 1.54) is 24.3 Å².